The van der Waals surface area contributed by atoms with Gasteiger partial charge in [-0.2, -0.15) is 9.61 Å². The van der Waals surface area contributed by atoms with Gasteiger partial charge in [0.05, 0.1) is 0 Å². The lowest BCUT2D eigenvalue weighted by atomic mass is 9.90. The van der Waals surface area contributed by atoms with Gasteiger partial charge in [0.1, 0.15) is 16.4 Å². The van der Waals surface area contributed by atoms with Crippen LogP contribution in [0.25, 0.3) is 16.2 Å². The minimum absolute atomic E-state index is 0.557. The third-order valence-electron chi connectivity index (χ3n) is 4.32. The summed E-state index contributed by atoms with van der Waals surface area (Å²) in [5.41, 5.74) is 5.18. The van der Waals surface area contributed by atoms with Gasteiger partial charge in [-0.1, -0.05) is 30.4 Å². The van der Waals surface area contributed by atoms with Crippen LogP contribution in [0.5, 0.6) is 0 Å². The highest BCUT2D eigenvalue weighted by Gasteiger charge is 2.18. The Morgan fingerprint density at radius 3 is 2.86 bits per heavy atom. The fraction of sp³-hybridized carbons (Fsp3) is 0.353. The van der Waals surface area contributed by atoms with Crippen LogP contribution in [-0.2, 0) is 19.3 Å². The average molecular weight is 311 g/mol. The first-order valence-electron chi connectivity index (χ1n) is 7.76. The lowest BCUT2D eigenvalue weighted by Crippen LogP contribution is -2.02. The normalized spacial score (nSPS) is 14.2. The molecule has 1 aromatic carbocycles. The zero-order valence-corrected chi connectivity index (χ0v) is 13.3. The van der Waals surface area contributed by atoms with Crippen molar-refractivity contribution in [2.24, 2.45) is 0 Å². The Balaban J connectivity index is 1.86. The van der Waals surface area contributed by atoms with E-state index in [2.05, 4.69) is 35.2 Å². The van der Waals surface area contributed by atoms with Crippen molar-refractivity contribution in [3.63, 3.8) is 0 Å². The van der Waals surface area contributed by atoms with E-state index < -0.39 is 0 Å². The molecule has 1 aliphatic carbocycles. The van der Waals surface area contributed by atoms with Gasteiger partial charge in [0.2, 0.25) is 4.96 Å². The molecular formula is C17H17N3OS. The van der Waals surface area contributed by atoms with E-state index in [9.17, 15) is 4.79 Å². The molecule has 0 N–H and O–H groups in total. The number of imidazole rings is 1. The monoisotopic (exact) mass is 311 g/mol. The average Bonchev–Trinajstić information content (AvgIpc) is 3.11. The second kappa shape index (κ2) is 5.32. The largest absolute Gasteiger partial charge is 0.296 e. The SMILES string of the molecule is CCc1nn2c(C=O)c(-c3ccc4c(c3)CCCC4)nc2s1. The van der Waals surface area contributed by atoms with Gasteiger partial charge in [-0.25, -0.2) is 4.98 Å². The molecule has 0 fully saturated rings. The summed E-state index contributed by atoms with van der Waals surface area (Å²) in [5.74, 6) is 0. The van der Waals surface area contributed by atoms with Gasteiger partial charge < -0.3 is 0 Å². The standard InChI is InChI=1S/C17H17N3OS/c1-2-15-19-20-14(10-21)16(18-17(20)22-15)13-8-7-11-5-3-4-6-12(11)9-13/h7-10H,2-6H2,1H3. The Morgan fingerprint density at radius 1 is 1.27 bits per heavy atom. The van der Waals surface area contributed by atoms with Crippen molar-refractivity contribution < 1.29 is 4.79 Å². The third kappa shape index (κ3) is 2.08. The first-order valence-corrected chi connectivity index (χ1v) is 8.57. The number of hydrogen-bond acceptors (Lipinski definition) is 4. The van der Waals surface area contributed by atoms with Crippen molar-refractivity contribution >= 4 is 22.6 Å². The van der Waals surface area contributed by atoms with E-state index >= 15 is 0 Å². The Hall–Kier alpha value is -2.01. The van der Waals surface area contributed by atoms with Gasteiger partial charge in [-0.05, 0) is 49.3 Å². The van der Waals surface area contributed by atoms with Gasteiger partial charge in [-0.15, -0.1) is 0 Å². The summed E-state index contributed by atoms with van der Waals surface area (Å²) >= 11 is 1.55. The van der Waals surface area contributed by atoms with Gasteiger partial charge in [0, 0.05) is 5.56 Å². The molecule has 0 unspecified atom stereocenters. The second-order valence-electron chi connectivity index (χ2n) is 5.70. The van der Waals surface area contributed by atoms with Crippen LogP contribution in [-0.4, -0.2) is 20.9 Å². The fourth-order valence-corrected chi connectivity index (χ4v) is 3.99. The van der Waals surface area contributed by atoms with Gasteiger partial charge >= 0.3 is 0 Å². The van der Waals surface area contributed by atoms with Crippen LogP contribution in [0, 0.1) is 0 Å². The molecule has 22 heavy (non-hydrogen) atoms. The second-order valence-corrected chi connectivity index (χ2v) is 6.74. The number of aryl methyl sites for hydroxylation is 3. The molecular weight excluding hydrogens is 294 g/mol. The Kier molecular flexibility index (Phi) is 3.30. The van der Waals surface area contributed by atoms with Crippen LogP contribution in [0.4, 0.5) is 0 Å². The predicted molar refractivity (Wildman–Crippen MR) is 87.7 cm³/mol. The molecule has 3 aromatic rings. The highest BCUT2D eigenvalue weighted by Crippen LogP contribution is 2.30. The predicted octanol–water partition coefficient (Wildman–Crippen LogP) is 3.71. The van der Waals surface area contributed by atoms with Crippen LogP contribution in [0.3, 0.4) is 0 Å². The molecule has 2 heterocycles. The van der Waals surface area contributed by atoms with Gasteiger partial charge in [0.15, 0.2) is 6.29 Å². The molecule has 0 spiro atoms. The summed E-state index contributed by atoms with van der Waals surface area (Å²) in [7, 11) is 0. The highest BCUT2D eigenvalue weighted by atomic mass is 32.1. The number of fused-ring (bicyclic) bond motifs is 2. The smallest absolute Gasteiger partial charge is 0.213 e. The molecule has 0 amide bonds. The van der Waals surface area contributed by atoms with Crippen molar-refractivity contribution in [3.8, 4) is 11.3 Å². The topological polar surface area (TPSA) is 47.3 Å². The lowest BCUT2D eigenvalue weighted by molar-refractivity contribution is 0.111. The number of aromatic nitrogens is 3. The van der Waals surface area contributed by atoms with E-state index in [0.717, 1.165) is 46.8 Å². The van der Waals surface area contributed by atoms with Gasteiger partial charge in [0.25, 0.3) is 0 Å². The molecule has 5 heteroatoms. The first-order chi connectivity index (χ1) is 10.8. The number of hydrogen-bond donors (Lipinski definition) is 0. The number of carbonyl (C=O) groups is 1. The van der Waals surface area contributed by atoms with Crippen LogP contribution in [0.2, 0.25) is 0 Å². The summed E-state index contributed by atoms with van der Waals surface area (Å²) in [6.07, 6.45) is 6.54. The van der Waals surface area contributed by atoms with E-state index in [1.54, 1.807) is 15.9 Å². The van der Waals surface area contributed by atoms with Crippen LogP contribution < -0.4 is 0 Å². The Morgan fingerprint density at radius 2 is 2.09 bits per heavy atom. The van der Waals surface area contributed by atoms with Crippen molar-refractivity contribution in [2.45, 2.75) is 39.0 Å². The van der Waals surface area contributed by atoms with Gasteiger partial charge in [-0.3, -0.25) is 4.79 Å². The van der Waals surface area contributed by atoms with Crippen molar-refractivity contribution in [1.29, 1.82) is 0 Å². The molecule has 112 valence electrons. The summed E-state index contributed by atoms with van der Waals surface area (Å²) < 4.78 is 1.69. The Labute approximate surface area is 132 Å². The number of nitrogens with zero attached hydrogens (tertiary/aromatic N) is 3. The zero-order valence-electron chi connectivity index (χ0n) is 12.5. The Bertz CT molecular complexity index is 862. The van der Waals surface area contributed by atoms with Crippen molar-refractivity contribution in [3.05, 3.63) is 40.0 Å². The van der Waals surface area contributed by atoms with Crippen LogP contribution in [0.15, 0.2) is 18.2 Å². The molecule has 2 aromatic heterocycles. The molecule has 4 nitrogen and oxygen atoms in total. The third-order valence-corrected chi connectivity index (χ3v) is 5.37. The van der Waals surface area contributed by atoms with Crippen molar-refractivity contribution in [2.75, 3.05) is 0 Å². The molecule has 4 rings (SSSR count). The maximum Gasteiger partial charge on any atom is 0.213 e. The van der Waals surface area contributed by atoms with E-state index in [1.807, 2.05) is 0 Å². The summed E-state index contributed by atoms with van der Waals surface area (Å²) in [5, 5.41) is 5.48. The first kappa shape index (κ1) is 13.6. The van der Waals surface area contributed by atoms with E-state index in [-0.39, 0.29) is 0 Å². The quantitative estimate of drug-likeness (QED) is 0.693. The number of aldehydes is 1. The van der Waals surface area contributed by atoms with E-state index in [0.29, 0.717) is 5.69 Å². The number of carbonyl (C=O) groups excluding carboxylic acids is 1. The van der Waals surface area contributed by atoms with Crippen molar-refractivity contribution in [1.82, 2.24) is 14.6 Å². The minimum atomic E-state index is 0.557. The molecule has 0 radical (unpaired) electrons. The maximum atomic E-state index is 11.6. The fourth-order valence-electron chi connectivity index (χ4n) is 3.15. The molecule has 0 atom stereocenters. The maximum absolute atomic E-state index is 11.6. The lowest BCUT2D eigenvalue weighted by Gasteiger charge is -2.16. The highest BCUT2D eigenvalue weighted by molar-refractivity contribution is 7.16. The summed E-state index contributed by atoms with van der Waals surface area (Å²) in [6.45, 7) is 2.06. The number of benzene rings is 1. The van der Waals surface area contributed by atoms with Crippen LogP contribution >= 0.6 is 11.3 Å². The molecule has 1 aliphatic rings. The number of rotatable bonds is 3. The molecule has 0 bridgehead atoms. The minimum Gasteiger partial charge on any atom is -0.296 e. The van der Waals surface area contributed by atoms with Crippen LogP contribution in [0.1, 0.15) is 46.4 Å². The van der Waals surface area contributed by atoms with E-state index in [4.69, 9.17) is 0 Å². The summed E-state index contributed by atoms with van der Waals surface area (Å²) in [4.78, 5) is 17.0. The summed E-state index contributed by atoms with van der Waals surface area (Å²) in [6, 6.07) is 6.48. The van der Waals surface area contributed by atoms with E-state index in [1.165, 1.54) is 24.0 Å². The molecule has 0 saturated heterocycles. The zero-order chi connectivity index (χ0) is 15.1. The molecule has 0 saturated carbocycles. The molecule has 0 aliphatic heterocycles.